The number of rotatable bonds is 1. The number of hydrazone groups is 1. The largest absolute Gasteiger partial charge is 0.273 e. The van der Waals surface area contributed by atoms with E-state index in [0.29, 0.717) is 11.3 Å². The monoisotopic (exact) mass is 222 g/mol. The Morgan fingerprint density at radius 1 is 1.25 bits per heavy atom. The van der Waals surface area contributed by atoms with Gasteiger partial charge in [0.25, 0.3) is 0 Å². The minimum absolute atomic E-state index is 0.0411. The average molecular weight is 222 g/mol. The number of hydrogen-bond acceptors (Lipinski definition) is 2. The lowest BCUT2D eigenvalue weighted by atomic mass is 10.0. The van der Waals surface area contributed by atoms with Crippen LogP contribution < -0.4 is 5.43 Å². The van der Waals surface area contributed by atoms with Gasteiger partial charge in [0.2, 0.25) is 5.91 Å². The molecule has 0 unspecified atom stereocenters. The van der Waals surface area contributed by atoms with Crippen LogP contribution in [0, 0.1) is 23.5 Å². The van der Waals surface area contributed by atoms with Crippen molar-refractivity contribution in [1.29, 1.82) is 0 Å². The highest BCUT2D eigenvalue weighted by molar-refractivity contribution is 6.09. The van der Waals surface area contributed by atoms with Crippen LogP contribution in [0.15, 0.2) is 23.3 Å². The summed E-state index contributed by atoms with van der Waals surface area (Å²) in [5, 5.41) is 3.90. The van der Waals surface area contributed by atoms with Gasteiger partial charge in [0.05, 0.1) is 5.71 Å². The molecule has 1 aromatic carbocycles. The fourth-order valence-corrected chi connectivity index (χ4v) is 2.00. The van der Waals surface area contributed by atoms with Crippen molar-refractivity contribution >= 4 is 11.6 Å². The molecule has 0 bridgehead atoms. The van der Waals surface area contributed by atoms with Crippen LogP contribution in [0.4, 0.5) is 8.78 Å². The molecule has 3 nitrogen and oxygen atoms in total. The molecule has 1 amide bonds. The number of halogens is 2. The predicted molar refractivity (Wildman–Crippen MR) is 52.6 cm³/mol. The van der Waals surface area contributed by atoms with Crippen LogP contribution in [0.5, 0.6) is 0 Å². The normalized spacial score (nSPS) is 26.9. The van der Waals surface area contributed by atoms with Crippen molar-refractivity contribution in [3.05, 3.63) is 35.4 Å². The average Bonchev–Trinajstić information content (AvgIpc) is 3.04. The van der Waals surface area contributed by atoms with E-state index in [1.807, 2.05) is 0 Å². The predicted octanol–water partition coefficient (Wildman–Crippen LogP) is 1.43. The summed E-state index contributed by atoms with van der Waals surface area (Å²) in [6.45, 7) is 0. The third kappa shape index (κ3) is 1.31. The Bertz CT molecular complexity index is 513. The van der Waals surface area contributed by atoms with Gasteiger partial charge in [-0.05, 0) is 24.6 Å². The second-order valence-corrected chi connectivity index (χ2v) is 4.05. The maximum absolute atomic E-state index is 13.0. The van der Waals surface area contributed by atoms with Crippen molar-refractivity contribution in [2.24, 2.45) is 16.9 Å². The molecule has 0 spiro atoms. The Labute approximate surface area is 90.2 Å². The van der Waals surface area contributed by atoms with E-state index in [0.717, 1.165) is 18.6 Å². The van der Waals surface area contributed by atoms with Crippen LogP contribution in [-0.2, 0) is 4.79 Å². The van der Waals surface area contributed by atoms with Gasteiger partial charge >= 0.3 is 0 Å². The highest BCUT2D eigenvalue weighted by Gasteiger charge is 2.49. The molecule has 1 heterocycles. The fraction of sp³-hybridized carbons (Fsp3) is 0.273. The maximum atomic E-state index is 13.0. The van der Waals surface area contributed by atoms with Gasteiger partial charge in [-0.3, -0.25) is 4.79 Å². The molecule has 1 aliphatic carbocycles. The van der Waals surface area contributed by atoms with Gasteiger partial charge in [-0.25, -0.2) is 14.2 Å². The topological polar surface area (TPSA) is 41.5 Å². The lowest BCUT2D eigenvalue weighted by Gasteiger charge is -2.11. The molecule has 0 saturated heterocycles. The molecule has 1 aromatic rings. The van der Waals surface area contributed by atoms with Crippen LogP contribution in [0.3, 0.4) is 0 Å². The molecule has 5 heteroatoms. The smallest absolute Gasteiger partial charge is 0.243 e. The molecule has 1 fully saturated rings. The Morgan fingerprint density at radius 2 is 2.06 bits per heavy atom. The summed E-state index contributed by atoms with van der Waals surface area (Å²) < 4.78 is 25.8. The summed E-state index contributed by atoms with van der Waals surface area (Å²) in [5.74, 6) is -1.83. The molecule has 3 rings (SSSR count). The molecule has 1 N–H and O–H groups in total. The first-order valence-corrected chi connectivity index (χ1v) is 4.99. The van der Waals surface area contributed by atoms with Crippen LogP contribution in [0.2, 0.25) is 0 Å². The number of fused-ring (bicyclic) bond motifs is 1. The Hall–Kier alpha value is -1.78. The van der Waals surface area contributed by atoms with E-state index in [9.17, 15) is 13.6 Å². The zero-order valence-electron chi connectivity index (χ0n) is 8.21. The number of carbonyl (C=O) groups excluding carboxylic acids is 1. The van der Waals surface area contributed by atoms with Gasteiger partial charge in [0.1, 0.15) is 0 Å². The standard InChI is InChI=1S/C11H8F2N2O/c12-8-2-1-5(3-9(8)13)10-6-4-7(6)11(16)15-14-10/h1-3,6-7H,4H2,(H,15,16)/t6-,7-/m1/s1. The quantitative estimate of drug-likeness (QED) is 0.767. The zero-order valence-corrected chi connectivity index (χ0v) is 8.21. The van der Waals surface area contributed by atoms with Crippen LogP contribution in [0.1, 0.15) is 12.0 Å². The molecule has 2 aliphatic rings. The Morgan fingerprint density at radius 3 is 2.81 bits per heavy atom. The summed E-state index contributed by atoms with van der Waals surface area (Å²) in [6, 6.07) is 3.66. The zero-order chi connectivity index (χ0) is 11.3. The number of hydrogen-bond donors (Lipinski definition) is 1. The maximum Gasteiger partial charge on any atom is 0.243 e. The highest BCUT2D eigenvalue weighted by Crippen LogP contribution is 2.43. The van der Waals surface area contributed by atoms with Gasteiger partial charge in [0.15, 0.2) is 11.6 Å². The Kier molecular flexibility index (Phi) is 1.83. The minimum Gasteiger partial charge on any atom is -0.273 e. The molecule has 82 valence electrons. The fourth-order valence-electron chi connectivity index (χ4n) is 2.00. The molecule has 16 heavy (non-hydrogen) atoms. The summed E-state index contributed by atoms with van der Waals surface area (Å²) >= 11 is 0. The van der Waals surface area contributed by atoms with Gasteiger partial charge < -0.3 is 0 Å². The van der Waals surface area contributed by atoms with Gasteiger partial charge in [0, 0.05) is 17.4 Å². The minimum atomic E-state index is -0.894. The number of carbonyl (C=O) groups is 1. The number of amides is 1. The van der Waals surface area contributed by atoms with Crippen LogP contribution in [0.25, 0.3) is 0 Å². The summed E-state index contributed by atoms with van der Waals surface area (Å²) in [7, 11) is 0. The SMILES string of the molecule is O=C1NN=C(c2ccc(F)c(F)c2)[C@@H]2C[C@@H]12. The van der Waals surface area contributed by atoms with E-state index >= 15 is 0 Å². The summed E-state index contributed by atoms with van der Waals surface area (Å²) in [5.41, 5.74) is 3.56. The first-order valence-electron chi connectivity index (χ1n) is 4.99. The van der Waals surface area contributed by atoms with E-state index in [1.54, 1.807) is 0 Å². The van der Waals surface area contributed by atoms with Crippen LogP contribution in [-0.4, -0.2) is 11.6 Å². The van der Waals surface area contributed by atoms with Crippen molar-refractivity contribution in [3.63, 3.8) is 0 Å². The first kappa shape index (κ1) is 9.45. The van der Waals surface area contributed by atoms with E-state index in [4.69, 9.17) is 0 Å². The van der Waals surface area contributed by atoms with E-state index in [-0.39, 0.29) is 17.7 Å². The molecule has 0 radical (unpaired) electrons. The van der Waals surface area contributed by atoms with Gasteiger partial charge in [-0.2, -0.15) is 5.10 Å². The van der Waals surface area contributed by atoms with Crippen molar-refractivity contribution < 1.29 is 13.6 Å². The lowest BCUT2D eigenvalue weighted by Crippen LogP contribution is -2.28. The van der Waals surface area contributed by atoms with E-state index in [1.165, 1.54) is 6.07 Å². The molecular weight excluding hydrogens is 214 g/mol. The number of benzene rings is 1. The molecule has 0 aromatic heterocycles. The molecule has 1 saturated carbocycles. The second kappa shape index (κ2) is 3.10. The third-order valence-corrected chi connectivity index (χ3v) is 2.98. The van der Waals surface area contributed by atoms with Crippen molar-refractivity contribution in [3.8, 4) is 0 Å². The summed E-state index contributed by atoms with van der Waals surface area (Å²) in [6.07, 6.45) is 0.740. The second-order valence-electron chi connectivity index (χ2n) is 4.05. The first-order chi connectivity index (χ1) is 7.66. The van der Waals surface area contributed by atoms with Crippen molar-refractivity contribution in [2.45, 2.75) is 6.42 Å². The summed E-state index contributed by atoms with van der Waals surface area (Å²) in [4.78, 5) is 11.2. The highest BCUT2D eigenvalue weighted by atomic mass is 19.2. The van der Waals surface area contributed by atoms with Crippen LogP contribution >= 0.6 is 0 Å². The third-order valence-electron chi connectivity index (χ3n) is 2.98. The van der Waals surface area contributed by atoms with Gasteiger partial charge in [-0.1, -0.05) is 0 Å². The molecular formula is C11H8F2N2O. The Balaban J connectivity index is 1.98. The lowest BCUT2D eigenvalue weighted by molar-refractivity contribution is -0.122. The van der Waals surface area contributed by atoms with E-state index in [2.05, 4.69) is 10.5 Å². The van der Waals surface area contributed by atoms with Crippen molar-refractivity contribution in [1.82, 2.24) is 5.43 Å². The van der Waals surface area contributed by atoms with Crippen molar-refractivity contribution in [2.75, 3.05) is 0 Å². The molecule has 1 aliphatic heterocycles. The van der Waals surface area contributed by atoms with Gasteiger partial charge in [-0.15, -0.1) is 0 Å². The van der Waals surface area contributed by atoms with E-state index < -0.39 is 11.6 Å². The molecule has 2 atom stereocenters. The number of nitrogens with one attached hydrogen (secondary N) is 1. The number of nitrogens with zero attached hydrogens (tertiary/aromatic N) is 1.